The predicted molar refractivity (Wildman–Crippen MR) is 92.9 cm³/mol. The summed E-state index contributed by atoms with van der Waals surface area (Å²) in [5.41, 5.74) is 2.30. The first-order chi connectivity index (χ1) is 9.60. The summed E-state index contributed by atoms with van der Waals surface area (Å²) in [7, 11) is 0. The van der Waals surface area contributed by atoms with Crippen molar-refractivity contribution in [1.82, 2.24) is 0 Å². The van der Waals surface area contributed by atoms with E-state index in [1.807, 2.05) is 12.1 Å². The molecule has 0 aliphatic heterocycles. The summed E-state index contributed by atoms with van der Waals surface area (Å²) in [6.45, 7) is 0. The van der Waals surface area contributed by atoms with Gasteiger partial charge in [-0.05, 0) is 54.2 Å². The van der Waals surface area contributed by atoms with E-state index in [-0.39, 0.29) is 5.82 Å². The molecule has 2 aromatic rings. The van der Waals surface area contributed by atoms with Crippen molar-refractivity contribution >= 4 is 47.8 Å². The molecule has 0 aliphatic rings. The van der Waals surface area contributed by atoms with Crippen LogP contribution in [0.1, 0.15) is 11.1 Å². The number of alkyl halides is 1. The Morgan fingerprint density at radius 2 is 1.55 bits per heavy atom. The summed E-state index contributed by atoms with van der Waals surface area (Å²) in [6, 6.07) is 13.1. The molecule has 0 aromatic heterocycles. The Labute approximate surface area is 144 Å². The average molecular weight is 465 g/mol. The SMILES string of the molecule is Fc1ccc(Br)c(CC(CBr)Cc2ccccc2Br)c1. The lowest BCUT2D eigenvalue weighted by atomic mass is 9.94. The van der Waals surface area contributed by atoms with Crippen LogP contribution in [0.4, 0.5) is 4.39 Å². The van der Waals surface area contributed by atoms with Gasteiger partial charge in [-0.1, -0.05) is 66.0 Å². The minimum Gasteiger partial charge on any atom is -0.207 e. The fourth-order valence-corrected chi connectivity index (χ4v) is 3.48. The van der Waals surface area contributed by atoms with Gasteiger partial charge in [-0.15, -0.1) is 0 Å². The molecule has 0 saturated heterocycles. The number of hydrogen-bond donors (Lipinski definition) is 0. The van der Waals surface area contributed by atoms with Crippen molar-refractivity contribution in [3.05, 3.63) is 68.4 Å². The highest BCUT2D eigenvalue weighted by atomic mass is 79.9. The second-order valence-corrected chi connectivity index (χ2v) is 7.11. The monoisotopic (exact) mass is 462 g/mol. The Morgan fingerprint density at radius 3 is 2.25 bits per heavy atom. The van der Waals surface area contributed by atoms with E-state index in [9.17, 15) is 4.39 Å². The van der Waals surface area contributed by atoms with Crippen LogP contribution in [0.2, 0.25) is 0 Å². The predicted octanol–water partition coefficient (Wildman–Crippen LogP) is 6.15. The van der Waals surface area contributed by atoms with Gasteiger partial charge >= 0.3 is 0 Å². The van der Waals surface area contributed by atoms with Gasteiger partial charge in [0.05, 0.1) is 0 Å². The first-order valence-corrected chi connectivity index (χ1v) is 9.04. The van der Waals surface area contributed by atoms with Crippen LogP contribution in [0.3, 0.4) is 0 Å². The van der Waals surface area contributed by atoms with Gasteiger partial charge in [0.2, 0.25) is 0 Å². The highest BCUT2D eigenvalue weighted by Gasteiger charge is 2.13. The Kier molecular flexibility index (Phi) is 6.24. The van der Waals surface area contributed by atoms with Crippen LogP contribution in [-0.4, -0.2) is 5.33 Å². The van der Waals surface area contributed by atoms with Gasteiger partial charge in [0.1, 0.15) is 5.82 Å². The molecule has 106 valence electrons. The zero-order valence-electron chi connectivity index (χ0n) is 10.8. The molecule has 0 bridgehead atoms. The van der Waals surface area contributed by atoms with Crippen LogP contribution < -0.4 is 0 Å². The van der Waals surface area contributed by atoms with Gasteiger partial charge in [0.15, 0.2) is 0 Å². The summed E-state index contributed by atoms with van der Waals surface area (Å²) in [5.74, 6) is 0.240. The third-order valence-electron chi connectivity index (χ3n) is 3.20. The van der Waals surface area contributed by atoms with Crippen LogP contribution in [0.25, 0.3) is 0 Å². The lowest BCUT2D eigenvalue weighted by molar-refractivity contribution is 0.580. The lowest BCUT2D eigenvalue weighted by Gasteiger charge is -2.16. The van der Waals surface area contributed by atoms with Crippen LogP contribution in [0.15, 0.2) is 51.4 Å². The first-order valence-electron chi connectivity index (χ1n) is 6.33. The molecule has 2 aromatic carbocycles. The molecule has 0 heterocycles. The van der Waals surface area contributed by atoms with E-state index in [4.69, 9.17) is 0 Å². The van der Waals surface area contributed by atoms with Crippen LogP contribution >= 0.6 is 47.8 Å². The lowest BCUT2D eigenvalue weighted by Crippen LogP contribution is -2.11. The Bertz CT molecular complexity index is 584. The van der Waals surface area contributed by atoms with Gasteiger partial charge in [-0.3, -0.25) is 0 Å². The highest BCUT2D eigenvalue weighted by Crippen LogP contribution is 2.26. The summed E-state index contributed by atoms with van der Waals surface area (Å²) in [6.07, 6.45) is 1.79. The van der Waals surface area contributed by atoms with E-state index in [0.717, 1.165) is 32.7 Å². The largest absolute Gasteiger partial charge is 0.207 e. The summed E-state index contributed by atoms with van der Waals surface area (Å²) < 4.78 is 15.5. The second-order valence-electron chi connectivity index (χ2n) is 4.76. The van der Waals surface area contributed by atoms with Gasteiger partial charge in [0, 0.05) is 14.3 Å². The zero-order chi connectivity index (χ0) is 14.5. The number of benzene rings is 2. The molecule has 0 amide bonds. The van der Waals surface area contributed by atoms with E-state index >= 15 is 0 Å². The molecular weight excluding hydrogens is 451 g/mol. The van der Waals surface area contributed by atoms with Crippen molar-refractivity contribution in [2.75, 3.05) is 5.33 Å². The van der Waals surface area contributed by atoms with Crippen molar-refractivity contribution < 1.29 is 4.39 Å². The normalized spacial score (nSPS) is 12.4. The zero-order valence-corrected chi connectivity index (χ0v) is 15.5. The van der Waals surface area contributed by atoms with E-state index in [1.54, 1.807) is 12.1 Å². The highest BCUT2D eigenvalue weighted by molar-refractivity contribution is 9.11. The fraction of sp³-hybridized carbons (Fsp3) is 0.250. The summed E-state index contributed by atoms with van der Waals surface area (Å²) in [5, 5.41) is 0.886. The molecule has 4 heteroatoms. The van der Waals surface area contributed by atoms with E-state index in [2.05, 4.69) is 59.9 Å². The maximum Gasteiger partial charge on any atom is 0.123 e. The third-order valence-corrected chi connectivity index (χ3v) is 5.66. The molecule has 0 aliphatic carbocycles. The minimum atomic E-state index is -0.183. The van der Waals surface area contributed by atoms with Gasteiger partial charge < -0.3 is 0 Å². The molecule has 0 fully saturated rings. The molecule has 0 saturated carbocycles. The van der Waals surface area contributed by atoms with Crippen LogP contribution in [-0.2, 0) is 12.8 Å². The standard InChI is InChI=1S/C16H14Br3F/c17-10-11(7-12-3-1-2-4-15(12)18)8-13-9-14(20)5-6-16(13)19/h1-6,9,11H,7-8,10H2. The van der Waals surface area contributed by atoms with Gasteiger partial charge in [-0.25, -0.2) is 4.39 Å². The molecular formula is C16H14Br3F. The molecule has 0 radical (unpaired) electrons. The second kappa shape index (κ2) is 7.71. The maximum absolute atomic E-state index is 13.4. The van der Waals surface area contributed by atoms with Crippen molar-refractivity contribution in [2.45, 2.75) is 12.8 Å². The number of rotatable bonds is 5. The molecule has 2 rings (SSSR count). The number of hydrogen-bond acceptors (Lipinski definition) is 0. The van der Waals surface area contributed by atoms with Crippen molar-refractivity contribution in [2.24, 2.45) is 5.92 Å². The van der Waals surface area contributed by atoms with Crippen molar-refractivity contribution in [1.29, 1.82) is 0 Å². The Morgan fingerprint density at radius 1 is 0.900 bits per heavy atom. The third kappa shape index (κ3) is 4.40. The molecule has 1 unspecified atom stereocenters. The summed E-state index contributed by atoms with van der Waals surface area (Å²) in [4.78, 5) is 0. The van der Waals surface area contributed by atoms with E-state index in [1.165, 1.54) is 11.6 Å². The molecule has 0 spiro atoms. The van der Waals surface area contributed by atoms with E-state index < -0.39 is 0 Å². The summed E-state index contributed by atoms with van der Waals surface area (Å²) >= 11 is 10.7. The topological polar surface area (TPSA) is 0 Å². The Balaban J connectivity index is 2.13. The fourth-order valence-electron chi connectivity index (χ4n) is 2.17. The van der Waals surface area contributed by atoms with E-state index in [0.29, 0.717) is 5.92 Å². The minimum absolute atomic E-state index is 0.183. The number of halogens is 4. The Hall–Kier alpha value is -0.190. The van der Waals surface area contributed by atoms with Gasteiger partial charge in [-0.2, -0.15) is 0 Å². The first kappa shape index (κ1) is 16.2. The van der Waals surface area contributed by atoms with Crippen molar-refractivity contribution in [3.63, 3.8) is 0 Å². The molecule has 20 heavy (non-hydrogen) atoms. The molecule has 0 nitrogen and oxygen atoms in total. The quantitative estimate of drug-likeness (QED) is 0.466. The molecule has 1 atom stereocenters. The van der Waals surface area contributed by atoms with Gasteiger partial charge in [0.25, 0.3) is 0 Å². The smallest absolute Gasteiger partial charge is 0.123 e. The van der Waals surface area contributed by atoms with Crippen molar-refractivity contribution in [3.8, 4) is 0 Å². The molecule has 0 N–H and O–H groups in total. The van der Waals surface area contributed by atoms with Crippen LogP contribution in [0.5, 0.6) is 0 Å². The van der Waals surface area contributed by atoms with Crippen LogP contribution in [0, 0.1) is 11.7 Å². The average Bonchev–Trinajstić information content (AvgIpc) is 2.44. The maximum atomic E-state index is 13.4.